The van der Waals surface area contributed by atoms with Gasteiger partial charge >= 0.3 is 0 Å². The van der Waals surface area contributed by atoms with Gasteiger partial charge in [-0.1, -0.05) is 35.9 Å². The molecule has 0 fully saturated rings. The number of rotatable bonds is 4. The molecule has 2 aromatic rings. The van der Waals surface area contributed by atoms with E-state index in [9.17, 15) is 13.5 Å². The molecule has 6 heteroatoms. The fourth-order valence-corrected chi connectivity index (χ4v) is 3.34. The highest BCUT2D eigenvalue weighted by atomic mass is 35.5. The molecule has 0 aliphatic rings. The van der Waals surface area contributed by atoms with Crippen LogP contribution < -0.4 is 4.72 Å². The molecule has 0 amide bonds. The van der Waals surface area contributed by atoms with Gasteiger partial charge in [0.1, 0.15) is 0 Å². The number of aliphatic hydroxyl groups is 1. The molecule has 0 saturated heterocycles. The summed E-state index contributed by atoms with van der Waals surface area (Å²) < 4.78 is 26.8. The molecule has 0 heterocycles. The second kappa shape index (κ2) is 5.46. The molecule has 102 valence electrons. The molecule has 2 rings (SSSR count). The zero-order chi connectivity index (χ0) is 14.0. The summed E-state index contributed by atoms with van der Waals surface area (Å²) in [7, 11) is -3.67. The van der Waals surface area contributed by atoms with Crippen molar-refractivity contribution < 1.29 is 13.5 Å². The van der Waals surface area contributed by atoms with Gasteiger partial charge in [-0.2, -0.15) is 0 Å². The lowest BCUT2D eigenvalue weighted by Crippen LogP contribution is -2.30. The smallest absolute Gasteiger partial charge is 0.241 e. The zero-order valence-electron chi connectivity index (χ0n) is 10.3. The average molecular weight is 300 g/mol. The van der Waals surface area contributed by atoms with E-state index >= 15 is 0 Å². The van der Waals surface area contributed by atoms with Gasteiger partial charge in [0.2, 0.25) is 10.0 Å². The summed E-state index contributed by atoms with van der Waals surface area (Å²) in [4.78, 5) is 0.160. The molecule has 0 radical (unpaired) electrons. The van der Waals surface area contributed by atoms with E-state index in [-0.39, 0.29) is 11.4 Å². The van der Waals surface area contributed by atoms with Gasteiger partial charge in [0.15, 0.2) is 0 Å². The van der Waals surface area contributed by atoms with E-state index in [1.807, 2.05) is 0 Å². The first-order valence-corrected chi connectivity index (χ1v) is 7.63. The molecule has 0 bridgehead atoms. The van der Waals surface area contributed by atoms with Crippen LogP contribution in [0.3, 0.4) is 0 Å². The van der Waals surface area contributed by atoms with Gasteiger partial charge in [-0.15, -0.1) is 0 Å². The Labute approximate surface area is 117 Å². The van der Waals surface area contributed by atoms with Crippen molar-refractivity contribution in [2.45, 2.75) is 17.9 Å². The number of hydrogen-bond donors (Lipinski definition) is 2. The first-order valence-electron chi connectivity index (χ1n) is 5.77. The number of hydrogen-bond acceptors (Lipinski definition) is 3. The third kappa shape index (κ3) is 3.06. The molecule has 19 heavy (non-hydrogen) atoms. The SMILES string of the molecule is CC(O)CNS(=O)(=O)c1ccc(Cl)c2ccccc12. The number of nitrogens with one attached hydrogen (secondary N) is 1. The first-order chi connectivity index (χ1) is 8.92. The van der Waals surface area contributed by atoms with Crippen molar-refractivity contribution >= 4 is 32.4 Å². The van der Waals surface area contributed by atoms with Crippen LogP contribution in [0.15, 0.2) is 41.3 Å². The predicted molar refractivity (Wildman–Crippen MR) is 75.8 cm³/mol. The molecule has 4 nitrogen and oxygen atoms in total. The van der Waals surface area contributed by atoms with Crippen molar-refractivity contribution in [3.63, 3.8) is 0 Å². The largest absolute Gasteiger partial charge is 0.392 e. The highest BCUT2D eigenvalue weighted by Crippen LogP contribution is 2.28. The molecule has 2 aromatic carbocycles. The second-order valence-electron chi connectivity index (χ2n) is 4.29. The molecule has 2 N–H and O–H groups in total. The first kappa shape index (κ1) is 14.3. The fraction of sp³-hybridized carbons (Fsp3) is 0.231. The fourth-order valence-electron chi connectivity index (χ4n) is 1.78. The molecule has 1 unspecified atom stereocenters. The third-order valence-electron chi connectivity index (χ3n) is 2.69. The monoisotopic (exact) mass is 299 g/mol. The van der Waals surface area contributed by atoms with E-state index in [1.54, 1.807) is 30.3 Å². The van der Waals surface area contributed by atoms with Gasteiger partial charge in [0.25, 0.3) is 0 Å². The molecule has 1 atom stereocenters. The van der Waals surface area contributed by atoms with E-state index in [0.717, 1.165) is 0 Å². The van der Waals surface area contributed by atoms with Crippen LogP contribution in [0.5, 0.6) is 0 Å². The molecule has 0 saturated carbocycles. The van der Waals surface area contributed by atoms with Crippen LogP contribution in [0.4, 0.5) is 0 Å². The number of benzene rings is 2. The van der Waals surface area contributed by atoms with E-state index in [1.165, 1.54) is 13.0 Å². The Bertz CT molecular complexity index is 698. The normalized spacial score (nSPS) is 13.6. The quantitative estimate of drug-likeness (QED) is 0.909. The van der Waals surface area contributed by atoms with Crippen molar-refractivity contribution in [2.24, 2.45) is 0 Å². The van der Waals surface area contributed by atoms with Crippen molar-refractivity contribution in [1.29, 1.82) is 0 Å². The van der Waals surface area contributed by atoms with E-state index in [0.29, 0.717) is 15.8 Å². The molecule has 0 spiro atoms. The Morgan fingerprint density at radius 1 is 1.21 bits per heavy atom. The predicted octanol–water partition coefficient (Wildman–Crippen LogP) is 2.15. The number of sulfonamides is 1. The standard InChI is InChI=1S/C13H14ClNO3S/c1-9(16)8-15-19(17,18)13-7-6-12(14)10-4-2-3-5-11(10)13/h2-7,9,15-16H,8H2,1H3. The van der Waals surface area contributed by atoms with Crippen LogP contribution in [-0.2, 0) is 10.0 Å². The maximum Gasteiger partial charge on any atom is 0.241 e. The molecule has 0 aliphatic carbocycles. The summed E-state index contributed by atoms with van der Waals surface area (Å²) in [6.07, 6.45) is -0.742. The Morgan fingerprint density at radius 3 is 2.47 bits per heavy atom. The Hall–Kier alpha value is -1.14. The maximum atomic E-state index is 12.2. The topological polar surface area (TPSA) is 66.4 Å². The van der Waals surface area contributed by atoms with Gasteiger partial charge in [0, 0.05) is 22.3 Å². The van der Waals surface area contributed by atoms with Crippen LogP contribution >= 0.6 is 11.6 Å². The Balaban J connectivity index is 2.54. The van der Waals surface area contributed by atoms with Crippen molar-refractivity contribution in [1.82, 2.24) is 4.72 Å². The molecule has 0 aliphatic heterocycles. The minimum absolute atomic E-state index is 0.0285. The average Bonchev–Trinajstić information content (AvgIpc) is 2.37. The van der Waals surface area contributed by atoms with Gasteiger partial charge in [0.05, 0.1) is 11.0 Å². The third-order valence-corrected chi connectivity index (χ3v) is 4.50. The van der Waals surface area contributed by atoms with Crippen LogP contribution in [0.1, 0.15) is 6.92 Å². The second-order valence-corrected chi connectivity index (χ2v) is 6.43. The van der Waals surface area contributed by atoms with Crippen LogP contribution in [0.25, 0.3) is 10.8 Å². The number of halogens is 1. The van der Waals surface area contributed by atoms with E-state index in [4.69, 9.17) is 11.6 Å². The highest BCUT2D eigenvalue weighted by Gasteiger charge is 2.18. The van der Waals surface area contributed by atoms with Crippen LogP contribution in [-0.4, -0.2) is 26.2 Å². The summed E-state index contributed by atoms with van der Waals surface area (Å²) in [5, 5.41) is 10.9. The molecular weight excluding hydrogens is 286 g/mol. The minimum atomic E-state index is -3.67. The summed E-state index contributed by atoms with van der Waals surface area (Å²) in [6.45, 7) is 1.49. The minimum Gasteiger partial charge on any atom is -0.392 e. The van der Waals surface area contributed by atoms with Gasteiger partial charge in [-0.3, -0.25) is 0 Å². The van der Waals surface area contributed by atoms with Gasteiger partial charge in [-0.25, -0.2) is 13.1 Å². The van der Waals surface area contributed by atoms with E-state index in [2.05, 4.69) is 4.72 Å². The lowest BCUT2D eigenvalue weighted by molar-refractivity contribution is 0.198. The molecule has 0 aromatic heterocycles. The maximum absolute atomic E-state index is 12.2. The number of fused-ring (bicyclic) bond motifs is 1. The zero-order valence-corrected chi connectivity index (χ0v) is 11.9. The van der Waals surface area contributed by atoms with Crippen molar-refractivity contribution in [3.8, 4) is 0 Å². The van der Waals surface area contributed by atoms with Crippen molar-refractivity contribution in [2.75, 3.05) is 6.54 Å². The van der Waals surface area contributed by atoms with Gasteiger partial charge < -0.3 is 5.11 Å². The highest BCUT2D eigenvalue weighted by molar-refractivity contribution is 7.89. The van der Waals surface area contributed by atoms with Crippen LogP contribution in [0, 0.1) is 0 Å². The van der Waals surface area contributed by atoms with Crippen LogP contribution in [0.2, 0.25) is 5.02 Å². The molecular formula is C13H14ClNO3S. The summed E-state index contributed by atoms with van der Waals surface area (Å²) in [5.41, 5.74) is 0. The lowest BCUT2D eigenvalue weighted by atomic mass is 10.1. The summed E-state index contributed by atoms with van der Waals surface area (Å²) >= 11 is 6.05. The van der Waals surface area contributed by atoms with Crippen molar-refractivity contribution in [3.05, 3.63) is 41.4 Å². The lowest BCUT2D eigenvalue weighted by Gasteiger charge is -2.11. The van der Waals surface area contributed by atoms with E-state index < -0.39 is 16.1 Å². The Kier molecular flexibility index (Phi) is 4.10. The Morgan fingerprint density at radius 2 is 1.84 bits per heavy atom. The summed E-state index contributed by atoms with van der Waals surface area (Å²) in [5.74, 6) is 0. The van der Waals surface area contributed by atoms with Gasteiger partial charge in [-0.05, 0) is 19.1 Å². The number of aliphatic hydroxyl groups excluding tert-OH is 1. The summed E-state index contributed by atoms with van der Waals surface area (Å²) in [6, 6.07) is 10.1.